The number of aromatic amines is 1. The predicted molar refractivity (Wildman–Crippen MR) is 120 cm³/mol. The van der Waals surface area contributed by atoms with Crippen LogP contribution in [0.2, 0.25) is 0 Å². The van der Waals surface area contributed by atoms with Crippen molar-refractivity contribution in [1.29, 1.82) is 0 Å². The van der Waals surface area contributed by atoms with Gasteiger partial charge in [-0.15, -0.1) is 11.3 Å². The van der Waals surface area contributed by atoms with Crippen LogP contribution in [0.1, 0.15) is 10.4 Å². The maximum atomic E-state index is 6.39. The van der Waals surface area contributed by atoms with Crippen LogP contribution in [-0.2, 0) is 13.1 Å². The highest BCUT2D eigenvalue weighted by Crippen LogP contribution is 2.28. The Hall–Kier alpha value is -3.00. The average Bonchev–Trinajstić information content (AvgIpc) is 3.16. The van der Waals surface area contributed by atoms with Gasteiger partial charge in [0.05, 0.1) is 10.4 Å². The number of aromatic nitrogens is 2. The SMILES string of the molecule is CN(C)Cc1ccc(-c2ccc(N)c(N(N)Cc3ccc4ncccc4c3)[nH+]2)s1. The van der Waals surface area contributed by atoms with Gasteiger partial charge >= 0.3 is 5.82 Å². The molecule has 3 aromatic heterocycles. The third-order valence-corrected chi connectivity index (χ3v) is 5.77. The molecule has 0 unspecified atom stereocenters. The summed E-state index contributed by atoms with van der Waals surface area (Å²) in [6.07, 6.45) is 1.80. The van der Waals surface area contributed by atoms with E-state index in [1.807, 2.05) is 30.3 Å². The molecule has 4 aromatic rings. The standard InChI is InChI=1S/C22H24N6S/c1-27(2)14-17-6-10-21(29-17)20-9-7-18(23)22(26-20)28(24)13-15-5-8-19-16(12-15)4-3-11-25-19/h3-12H,13-14,23-24H2,1-2H3/p+1. The van der Waals surface area contributed by atoms with Crippen LogP contribution in [0, 0.1) is 0 Å². The van der Waals surface area contributed by atoms with E-state index in [9.17, 15) is 0 Å². The first-order valence-electron chi connectivity index (χ1n) is 9.41. The lowest BCUT2D eigenvalue weighted by Gasteiger charge is -2.13. The molecule has 0 saturated carbocycles. The van der Waals surface area contributed by atoms with Crippen molar-refractivity contribution in [3.05, 3.63) is 71.2 Å². The Kier molecular flexibility index (Phi) is 5.44. The van der Waals surface area contributed by atoms with E-state index in [-0.39, 0.29) is 0 Å². The molecule has 29 heavy (non-hydrogen) atoms. The normalized spacial score (nSPS) is 11.3. The second-order valence-electron chi connectivity index (χ2n) is 7.34. The van der Waals surface area contributed by atoms with Crippen LogP contribution in [0.5, 0.6) is 0 Å². The van der Waals surface area contributed by atoms with Crippen molar-refractivity contribution in [2.75, 3.05) is 24.8 Å². The van der Waals surface area contributed by atoms with E-state index in [1.165, 1.54) is 4.88 Å². The second-order valence-corrected chi connectivity index (χ2v) is 8.51. The van der Waals surface area contributed by atoms with Crippen LogP contribution < -0.4 is 21.6 Å². The number of fused-ring (bicyclic) bond motifs is 1. The van der Waals surface area contributed by atoms with Gasteiger partial charge in [-0.25, -0.2) is 4.98 Å². The van der Waals surface area contributed by atoms with Gasteiger partial charge in [0.1, 0.15) is 17.9 Å². The second kappa shape index (κ2) is 8.16. The highest BCUT2D eigenvalue weighted by molar-refractivity contribution is 7.15. The van der Waals surface area contributed by atoms with Gasteiger partial charge in [0.25, 0.3) is 0 Å². The first-order chi connectivity index (χ1) is 14.0. The van der Waals surface area contributed by atoms with Crippen LogP contribution in [0.15, 0.2) is 60.8 Å². The number of benzene rings is 1. The summed E-state index contributed by atoms with van der Waals surface area (Å²) in [4.78, 5) is 12.4. The topological polar surface area (TPSA) is 85.5 Å². The van der Waals surface area contributed by atoms with Crippen LogP contribution >= 0.6 is 11.3 Å². The van der Waals surface area contributed by atoms with Crippen LogP contribution in [0.25, 0.3) is 21.5 Å². The average molecular weight is 406 g/mol. The fourth-order valence-corrected chi connectivity index (χ4v) is 4.40. The molecule has 0 spiro atoms. The van der Waals surface area contributed by atoms with E-state index >= 15 is 0 Å². The molecule has 4 rings (SSSR count). The minimum atomic E-state index is 0.533. The molecular formula is C22H25N6S+. The third kappa shape index (κ3) is 4.37. The number of thiophene rings is 1. The molecule has 148 valence electrons. The summed E-state index contributed by atoms with van der Waals surface area (Å²) in [5.41, 5.74) is 9.90. The van der Waals surface area contributed by atoms with Crippen molar-refractivity contribution in [2.24, 2.45) is 5.84 Å². The number of hydrogen-bond donors (Lipinski definition) is 2. The molecule has 0 aliphatic rings. The van der Waals surface area contributed by atoms with E-state index in [4.69, 9.17) is 11.6 Å². The summed E-state index contributed by atoms with van der Waals surface area (Å²) in [6.45, 7) is 1.46. The van der Waals surface area contributed by atoms with E-state index < -0.39 is 0 Å². The van der Waals surface area contributed by atoms with E-state index in [0.717, 1.165) is 33.6 Å². The number of anilines is 2. The van der Waals surface area contributed by atoms with Crippen LogP contribution in [0.3, 0.4) is 0 Å². The smallest absolute Gasteiger partial charge is 0.316 e. The van der Waals surface area contributed by atoms with Gasteiger partial charge in [-0.1, -0.05) is 12.1 Å². The fourth-order valence-electron chi connectivity index (χ4n) is 3.29. The molecule has 0 fully saturated rings. The molecule has 0 saturated heterocycles. The first-order valence-corrected chi connectivity index (χ1v) is 10.2. The molecule has 0 atom stereocenters. The van der Waals surface area contributed by atoms with Crippen molar-refractivity contribution < 1.29 is 4.98 Å². The molecular weight excluding hydrogens is 380 g/mol. The quantitative estimate of drug-likeness (QED) is 0.380. The van der Waals surface area contributed by atoms with Gasteiger partial charge in [0.2, 0.25) is 0 Å². The van der Waals surface area contributed by atoms with Gasteiger partial charge < -0.3 is 10.6 Å². The third-order valence-electron chi connectivity index (χ3n) is 4.66. The van der Waals surface area contributed by atoms with E-state index in [1.54, 1.807) is 22.5 Å². The minimum absolute atomic E-state index is 0.533. The van der Waals surface area contributed by atoms with Crippen LogP contribution in [-0.4, -0.2) is 24.0 Å². The number of rotatable bonds is 6. The first kappa shape index (κ1) is 19.3. The molecule has 0 bridgehead atoms. The number of H-pyrrole nitrogens is 1. The van der Waals surface area contributed by atoms with Crippen molar-refractivity contribution in [2.45, 2.75) is 13.1 Å². The summed E-state index contributed by atoms with van der Waals surface area (Å²) in [7, 11) is 4.14. The Morgan fingerprint density at radius 3 is 2.72 bits per heavy atom. The summed E-state index contributed by atoms with van der Waals surface area (Å²) in [5.74, 6) is 7.10. The summed E-state index contributed by atoms with van der Waals surface area (Å²) < 4.78 is 0. The number of nitrogens with one attached hydrogen (secondary N) is 1. The number of nitrogens with zero attached hydrogens (tertiary/aromatic N) is 3. The zero-order valence-electron chi connectivity index (χ0n) is 16.6. The maximum absolute atomic E-state index is 6.39. The van der Waals surface area contributed by atoms with Gasteiger partial charge in [-0.3, -0.25) is 4.98 Å². The Morgan fingerprint density at radius 2 is 1.90 bits per heavy atom. The van der Waals surface area contributed by atoms with Crippen molar-refractivity contribution >= 4 is 33.7 Å². The minimum Gasteiger partial charge on any atom is -0.392 e. The molecule has 0 aliphatic carbocycles. The number of nitrogens with two attached hydrogens (primary N) is 2. The summed E-state index contributed by atoms with van der Waals surface area (Å²) in [5, 5.41) is 2.75. The Bertz CT molecular complexity index is 1140. The molecule has 6 nitrogen and oxygen atoms in total. The lowest BCUT2D eigenvalue weighted by molar-refractivity contribution is -0.349. The molecule has 0 radical (unpaired) electrons. The number of hydrazine groups is 1. The lowest BCUT2D eigenvalue weighted by Crippen LogP contribution is -2.36. The van der Waals surface area contributed by atoms with Gasteiger partial charge in [-0.2, -0.15) is 10.9 Å². The largest absolute Gasteiger partial charge is 0.392 e. The predicted octanol–water partition coefficient (Wildman–Crippen LogP) is 3.30. The lowest BCUT2D eigenvalue weighted by atomic mass is 10.1. The Morgan fingerprint density at radius 1 is 1.03 bits per heavy atom. The molecule has 0 amide bonds. The molecule has 0 aliphatic heterocycles. The van der Waals surface area contributed by atoms with E-state index in [0.29, 0.717) is 18.1 Å². The zero-order chi connectivity index (χ0) is 20.4. The monoisotopic (exact) mass is 405 g/mol. The number of nitrogen functional groups attached to an aromatic ring is 1. The molecule has 3 heterocycles. The Balaban J connectivity index is 1.58. The van der Waals surface area contributed by atoms with Crippen molar-refractivity contribution in [3.63, 3.8) is 0 Å². The number of hydrogen-bond acceptors (Lipinski definition) is 6. The molecule has 5 N–H and O–H groups in total. The highest BCUT2D eigenvalue weighted by Gasteiger charge is 2.19. The molecule has 1 aromatic carbocycles. The zero-order valence-corrected chi connectivity index (χ0v) is 17.4. The van der Waals surface area contributed by atoms with Crippen molar-refractivity contribution in [3.8, 4) is 10.6 Å². The van der Waals surface area contributed by atoms with E-state index in [2.05, 4.69) is 53.2 Å². The van der Waals surface area contributed by atoms with Crippen LogP contribution in [0.4, 0.5) is 11.5 Å². The fraction of sp³-hybridized carbons (Fsp3) is 0.182. The highest BCUT2D eigenvalue weighted by atomic mass is 32.1. The summed E-state index contributed by atoms with van der Waals surface area (Å²) in [6, 6.07) is 18.3. The van der Waals surface area contributed by atoms with Gasteiger partial charge in [0, 0.05) is 23.0 Å². The van der Waals surface area contributed by atoms with Crippen molar-refractivity contribution in [1.82, 2.24) is 9.88 Å². The number of pyridine rings is 2. The summed E-state index contributed by atoms with van der Waals surface area (Å²) >= 11 is 1.77. The van der Waals surface area contributed by atoms with Gasteiger partial charge in [0.15, 0.2) is 0 Å². The maximum Gasteiger partial charge on any atom is 0.316 e. The Labute approximate surface area is 174 Å². The molecule has 7 heteroatoms. The van der Waals surface area contributed by atoms with Gasteiger partial charge in [-0.05, 0) is 62.1 Å².